The second kappa shape index (κ2) is 14.4. The van der Waals surface area contributed by atoms with Crippen LogP contribution in [0, 0.1) is 46.3 Å². The van der Waals surface area contributed by atoms with Crippen molar-refractivity contribution in [2.45, 2.75) is 131 Å². The second-order valence-corrected chi connectivity index (χ2v) is 15.1. The van der Waals surface area contributed by atoms with Crippen molar-refractivity contribution in [3.8, 4) is 0 Å². The number of alkyl carbamates (subject to hydrolysis) is 1. The van der Waals surface area contributed by atoms with Gasteiger partial charge in [-0.1, -0.05) is 65.5 Å². The van der Waals surface area contributed by atoms with E-state index in [0.29, 0.717) is 17.4 Å². The Balaban J connectivity index is 1.26. The highest BCUT2D eigenvalue weighted by Gasteiger charge is 2.59. The Morgan fingerprint density at radius 2 is 1.75 bits per heavy atom. The molecule has 4 rings (SSSR count). The van der Waals surface area contributed by atoms with Crippen LogP contribution in [-0.2, 0) is 4.74 Å². The number of allylic oxidation sites excluding steroid dienone is 1. The molecule has 4 N–H and O–H groups in total. The van der Waals surface area contributed by atoms with Gasteiger partial charge in [0, 0.05) is 13.0 Å². The smallest absolute Gasteiger partial charge is 0.407 e. The highest BCUT2D eigenvalue weighted by atomic mass is 16.6. The summed E-state index contributed by atoms with van der Waals surface area (Å²) in [6, 6.07) is 0. The zero-order chi connectivity index (χ0) is 28.8. The normalized spacial score (nSPS) is 35.9. The average Bonchev–Trinajstić information content (AvgIpc) is 3.27. The van der Waals surface area contributed by atoms with Crippen LogP contribution in [0.1, 0.15) is 125 Å². The first-order valence-electron chi connectivity index (χ1n) is 17.2. The molecule has 0 aromatic heterocycles. The van der Waals surface area contributed by atoms with Gasteiger partial charge in [-0.3, -0.25) is 0 Å². The number of hydrogen-bond acceptors (Lipinski definition) is 4. The number of ether oxygens (including phenoxy) is 1. The number of carbonyl (C=O) groups is 1. The van der Waals surface area contributed by atoms with E-state index in [4.69, 9.17) is 10.5 Å². The van der Waals surface area contributed by atoms with Crippen LogP contribution in [0.5, 0.6) is 0 Å². The zero-order valence-electron chi connectivity index (χ0n) is 26.7. The van der Waals surface area contributed by atoms with E-state index >= 15 is 0 Å². The molecule has 0 heterocycles. The quantitative estimate of drug-likeness (QED) is 0.150. The molecule has 3 fully saturated rings. The van der Waals surface area contributed by atoms with Gasteiger partial charge in [-0.2, -0.15) is 0 Å². The summed E-state index contributed by atoms with van der Waals surface area (Å²) < 4.78 is 5.93. The van der Waals surface area contributed by atoms with Crippen molar-refractivity contribution in [2.24, 2.45) is 52.1 Å². The van der Waals surface area contributed by atoms with Gasteiger partial charge >= 0.3 is 6.09 Å². The number of carbonyl (C=O) groups excluding carboxylic acids is 1. The molecular formula is C35H63N3O2. The number of fused-ring (bicyclic) bond motifs is 5. The highest BCUT2D eigenvalue weighted by Crippen LogP contribution is 2.67. The molecular weight excluding hydrogens is 494 g/mol. The third-order valence-electron chi connectivity index (χ3n) is 12.1. The van der Waals surface area contributed by atoms with E-state index in [2.05, 4.69) is 51.3 Å². The first kappa shape index (κ1) is 31.9. The average molecular weight is 558 g/mol. The summed E-state index contributed by atoms with van der Waals surface area (Å²) in [5.74, 6) is 5.18. The first-order chi connectivity index (χ1) is 19.2. The van der Waals surface area contributed by atoms with Gasteiger partial charge < -0.3 is 21.1 Å². The third kappa shape index (κ3) is 7.28. The van der Waals surface area contributed by atoms with Crippen LogP contribution >= 0.6 is 0 Å². The Bertz CT molecular complexity index is 842. The van der Waals surface area contributed by atoms with Gasteiger partial charge in [-0.15, -0.1) is 0 Å². The van der Waals surface area contributed by atoms with Gasteiger partial charge in [0.15, 0.2) is 0 Å². The summed E-state index contributed by atoms with van der Waals surface area (Å²) in [5.41, 5.74) is 7.97. The summed E-state index contributed by atoms with van der Waals surface area (Å²) >= 11 is 0. The van der Waals surface area contributed by atoms with Crippen molar-refractivity contribution in [2.75, 3.05) is 26.2 Å². The van der Waals surface area contributed by atoms with Crippen molar-refractivity contribution in [1.82, 2.24) is 10.6 Å². The fourth-order valence-electron chi connectivity index (χ4n) is 9.86. The van der Waals surface area contributed by atoms with E-state index in [0.717, 1.165) is 87.2 Å². The van der Waals surface area contributed by atoms with Crippen LogP contribution in [0.3, 0.4) is 0 Å². The molecule has 0 aromatic carbocycles. The molecule has 0 spiro atoms. The molecule has 0 unspecified atom stereocenters. The lowest BCUT2D eigenvalue weighted by Crippen LogP contribution is -2.51. The van der Waals surface area contributed by atoms with E-state index in [-0.39, 0.29) is 12.2 Å². The Morgan fingerprint density at radius 3 is 2.52 bits per heavy atom. The summed E-state index contributed by atoms with van der Waals surface area (Å²) in [6.45, 7) is 15.9. The van der Waals surface area contributed by atoms with Crippen LogP contribution in [0.4, 0.5) is 4.79 Å². The van der Waals surface area contributed by atoms with Crippen LogP contribution in [0.25, 0.3) is 0 Å². The number of nitrogens with one attached hydrogen (secondary N) is 2. The van der Waals surface area contributed by atoms with Gasteiger partial charge in [-0.05, 0) is 130 Å². The van der Waals surface area contributed by atoms with Crippen LogP contribution < -0.4 is 16.4 Å². The molecule has 0 radical (unpaired) electrons. The summed E-state index contributed by atoms with van der Waals surface area (Å²) in [6.07, 6.45) is 19.8. The standard InChI is InChI=1S/C35H63N3O2/c1-25(2)10-8-11-26(3)30-14-15-31-29-13-12-27-24-28(16-18-34(27,4)32(29)17-19-35(30,31)5)40-33(39)38-23-7-6-21-37-22-9-20-36/h12,25-26,28-32,37H,6-11,13-24,36H2,1-5H3,(H,38,39)/t26-,28+,29+,30-,31+,32+,34+,35-/m1/s1. The van der Waals surface area contributed by atoms with Gasteiger partial charge in [0.2, 0.25) is 0 Å². The second-order valence-electron chi connectivity index (χ2n) is 15.1. The molecule has 230 valence electrons. The van der Waals surface area contributed by atoms with E-state index in [1.165, 1.54) is 57.8 Å². The van der Waals surface area contributed by atoms with Crippen molar-refractivity contribution in [3.05, 3.63) is 11.6 Å². The molecule has 40 heavy (non-hydrogen) atoms. The topological polar surface area (TPSA) is 76.4 Å². The molecule has 5 heteroatoms. The predicted molar refractivity (Wildman–Crippen MR) is 167 cm³/mol. The fourth-order valence-corrected chi connectivity index (χ4v) is 9.86. The maximum absolute atomic E-state index is 12.5. The molecule has 0 saturated heterocycles. The van der Waals surface area contributed by atoms with Crippen molar-refractivity contribution < 1.29 is 9.53 Å². The molecule has 0 bridgehead atoms. The minimum Gasteiger partial charge on any atom is -0.446 e. The summed E-state index contributed by atoms with van der Waals surface area (Å²) in [4.78, 5) is 12.5. The lowest BCUT2D eigenvalue weighted by molar-refractivity contribution is -0.0581. The number of hydrogen-bond donors (Lipinski definition) is 3. The molecule has 1 amide bonds. The number of rotatable bonds is 14. The maximum Gasteiger partial charge on any atom is 0.407 e. The summed E-state index contributed by atoms with van der Waals surface area (Å²) in [5, 5.41) is 6.38. The highest BCUT2D eigenvalue weighted by molar-refractivity contribution is 5.67. The fraction of sp³-hybridized carbons (Fsp3) is 0.914. The zero-order valence-corrected chi connectivity index (χ0v) is 26.7. The minimum absolute atomic E-state index is 0.0326. The largest absolute Gasteiger partial charge is 0.446 e. The maximum atomic E-state index is 12.5. The van der Waals surface area contributed by atoms with E-state index in [1.54, 1.807) is 5.57 Å². The lowest BCUT2D eigenvalue weighted by atomic mass is 9.47. The molecule has 4 aliphatic rings. The van der Waals surface area contributed by atoms with Crippen molar-refractivity contribution in [3.63, 3.8) is 0 Å². The van der Waals surface area contributed by atoms with Crippen LogP contribution in [0.15, 0.2) is 11.6 Å². The van der Waals surface area contributed by atoms with Crippen molar-refractivity contribution in [1.29, 1.82) is 0 Å². The monoisotopic (exact) mass is 557 g/mol. The van der Waals surface area contributed by atoms with E-state index < -0.39 is 0 Å². The van der Waals surface area contributed by atoms with Gasteiger partial charge in [0.1, 0.15) is 6.10 Å². The van der Waals surface area contributed by atoms with Crippen molar-refractivity contribution >= 4 is 6.09 Å². The molecule has 8 atom stereocenters. The van der Waals surface area contributed by atoms with E-state index in [1.807, 2.05) is 0 Å². The van der Waals surface area contributed by atoms with Gasteiger partial charge in [-0.25, -0.2) is 4.79 Å². The minimum atomic E-state index is -0.230. The first-order valence-corrected chi connectivity index (χ1v) is 17.2. The van der Waals surface area contributed by atoms with Gasteiger partial charge in [0.05, 0.1) is 0 Å². The third-order valence-corrected chi connectivity index (χ3v) is 12.1. The molecule has 3 saturated carbocycles. The Kier molecular flexibility index (Phi) is 11.5. The molecule has 0 aromatic rings. The lowest BCUT2D eigenvalue weighted by Gasteiger charge is -2.58. The number of amides is 1. The van der Waals surface area contributed by atoms with Crippen LogP contribution in [0.2, 0.25) is 0 Å². The van der Waals surface area contributed by atoms with Crippen LogP contribution in [-0.4, -0.2) is 38.4 Å². The summed E-state index contributed by atoms with van der Waals surface area (Å²) in [7, 11) is 0. The molecule has 4 aliphatic carbocycles. The van der Waals surface area contributed by atoms with E-state index in [9.17, 15) is 4.79 Å². The Morgan fingerprint density at radius 1 is 0.975 bits per heavy atom. The molecule has 0 aliphatic heterocycles. The predicted octanol–water partition coefficient (Wildman–Crippen LogP) is 7.84. The molecule has 5 nitrogen and oxygen atoms in total. The Hall–Kier alpha value is -1.07. The number of nitrogens with two attached hydrogens (primary N) is 1. The van der Waals surface area contributed by atoms with Gasteiger partial charge in [0.25, 0.3) is 0 Å². The SMILES string of the molecule is CC(C)CCC[C@@H](C)[C@H]1CC[C@H]2[C@@H]3CC=C4C[C@@H](OC(=O)NCCCCNCCCN)CC[C@]4(C)[C@H]3CC[C@]12C. The Labute approximate surface area is 246 Å². The number of unbranched alkanes of at least 4 members (excludes halogenated alkanes) is 1.